The highest BCUT2D eigenvalue weighted by Crippen LogP contribution is 2.14. The van der Waals surface area contributed by atoms with Crippen LogP contribution in [0.2, 0.25) is 0 Å². The molecule has 1 N–H and O–H groups in total. The van der Waals surface area contributed by atoms with Crippen molar-refractivity contribution in [2.24, 2.45) is 5.92 Å². The first kappa shape index (κ1) is 18.0. The summed E-state index contributed by atoms with van der Waals surface area (Å²) in [7, 11) is 0. The minimum Gasteiger partial charge on any atom is -0.381 e. The lowest BCUT2D eigenvalue weighted by molar-refractivity contribution is 0.108. The second-order valence-electron chi connectivity index (χ2n) is 5.84. The Hall–Kier alpha value is -1.06. The van der Waals surface area contributed by atoms with Crippen LogP contribution >= 0.6 is 0 Å². The van der Waals surface area contributed by atoms with E-state index in [2.05, 4.69) is 62.2 Å². The second kappa shape index (κ2) is 10.6. The van der Waals surface area contributed by atoms with Crippen molar-refractivity contribution in [1.29, 1.82) is 0 Å². The average Bonchev–Trinajstić information content (AvgIpc) is 2.48. The van der Waals surface area contributed by atoms with Crippen LogP contribution in [-0.4, -0.2) is 32.8 Å². The summed E-state index contributed by atoms with van der Waals surface area (Å²) in [5.41, 5.74) is 2.65. The predicted molar refractivity (Wildman–Crippen MR) is 92.0 cm³/mol. The molecule has 0 saturated heterocycles. The molecule has 21 heavy (non-hydrogen) atoms. The van der Waals surface area contributed by atoms with Gasteiger partial charge in [-0.15, -0.1) is 0 Å². The maximum atomic E-state index is 5.57. The first-order valence-corrected chi connectivity index (χ1v) is 8.29. The average molecular weight is 292 g/mol. The van der Waals surface area contributed by atoms with Crippen LogP contribution in [0.3, 0.4) is 0 Å². The van der Waals surface area contributed by atoms with E-state index in [0.717, 1.165) is 45.8 Å². The highest BCUT2D eigenvalue weighted by molar-refractivity contribution is 5.47. The van der Waals surface area contributed by atoms with Crippen LogP contribution < -0.4 is 10.2 Å². The number of nitrogens with zero attached hydrogens (tertiary/aromatic N) is 1. The van der Waals surface area contributed by atoms with E-state index in [0.29, 0.717) is 5.92 Å². The molecule has 1 rings (SSSR count). The summed E-state index contributed by atoms with van der Waals surface area (Å²) in [5, 5.41) is 3.47. The fourth-order valence-electron chi connectivity index (χ4n) is 2.26. The molecule has 0 spiro atoms. The lowest BCUT2D eigenvalue weighted by atomic mass is 10.2. The van der Waals surface area contributed by atoms with E-state index in [1.807, 2.05) is 0 Å². The maximum absolute atomic E-state index is 5.57. The molecule has 0 aliphatic carbocycles. The fraction of sp³-hybridized carbons (Fsp3) is 0.667. The predicted octanol–water partition coefficient (Wildman–Crippen LogP) is 3.69. The SMILES string of the molecule is CCN(CC)c1ccc(CNCCCOCC(C)C)cc1. The smallest absolute Gasteiger partial charge is 0.0489 e. The monoisotopic (exact) mass is 292 g/mol. The lowest BCUT2D eigenvalue weighted by Crippen LogP contribution is -2.21. The molecule has 0 fully saturated rings. The van der Waals surface area contributed by atoms with Crippen LogP contribution in [0.5, 0.6) is 0 Å². The van der Waals surface area contributed by atoms with Crippen molar-refractivity contribution >= 4 is 5.69 Å². The molecule has 0 heterocycles. The van der Waals surface area contributed by atoms with Crippen molar-refractivity contribution in [3.63, 3.8) is 0 Å². The quantitative estimate of drug-likeness (QED) is 0.630. The third-order valence-corrected chi connectivity index (χ3v) is 3.49. The summed E-state index contributed by atoms with van der Waals surface area (Å²) < 4.78 is 5.57. The Labute approximate surface area is 130 Å². The fourth-order valence-corrected chi connectivity index (χ4v) is 2.26. The number of hydrogen-bond acceptors (Lipinski definition) is 3. The minimum atomic E-state index is 0.627. The van der Waals surface area contributed by atoms with E-state index in [-0.39, 0.29) is 0 Å². The minimum absolute atomic E-state index is 0.627. The Balaban J connectivity index is 2.18. The Morgan fingerprint density at radius 3 is 2.33 bits per heavy atom. The Bertz CT molecular complexity index is 358. The number of hydrogen-bond donors (Lipinski definition) is 1. The van der Waals surface area contributed by atoms with Crippen LogP contribution in [0.25, 0.3) is 0 Å². The highest BCUT2D eigenvalue weighted by atomic mass is 16.5. The van der Waals surface area contributed by atoms with Gasteiger partial charge in [-0.1, -0.05) is 26.0 Å². The van der Waals surface area contributed by atoms with E-state index < -0.39 is 0 Å². The van der Waals surface area contributed by atoms with Gasteiger partial charge in [-0.05, 0) is 50.4 Å². The van der Waals surface area contributed by atoms with Crippen LogP contribution in [0.1, 0.15) is 39.7 Å². The summed E-state index contributed by atoms with van der Waals surface area (Å²) >= 11 is 0. The molecule has 0 amide bonds. The Kier molecular flexibility index (Phi) is 9.11. The normalized spacial score (nSPS) is 11.1. The van der Waals surface area contributed by atoms with E-state index in [1.165, 1.54) is 11.3 Å². The van der Waals surface area contributed by atoms with Crippen LogP contribution in [0, 0.1) is 5.92 Å². The van der Waals surface area contributed by atoms with Gasteiger partial charge in [0.2, 0.25) is 0 Å². The zero-order chi connectivity index (χ0) is 15.5. The summed E-state index contributed by atoms with van der Waals surface area (Å²) in [5.74, 6) is 0.627. The number of rotatable bonds is 11. The molecule has 3 nitrogen and oxygen atoms in total. The zero-order valence-electron chi connectivity index (χ0n) is 14.2. The molecular weight excluding hydrogens is 260 g/mol. The van der Waals surface area contributed by atoms with Crippen molar-refractivity contribution < 1.29 is 4.74 Å². The molecule has 0 radical (unpaired) electrons. The van der Waals surface area contributed by atoms with Crippen molar-refractivity contribution in [3.8, 4) is 0 Å². The van der Waals surface area contributed by atoms with Crippen molar-refractivity contribution in [2.75, 3.05) is 37.7 Å². The van der Waals surface area contributed by atoms with Gasteiger partial charge in [-0.3, -0.25) is 0 Å². The van der Waals surface area contributed by atoms with Gasteiger partial charge in [0.15, 0.2) is 0 Å². The third-order valence-electron chi connectivity index (χ3n) is 3.49. The maximum Gasteiger partial charge on any atom is 0.0489 e. The largest absolute Gasteiger partial charge is 0.381 e. The molecule has 0 aliphatic rings. The molecule has 120 valence electrons. The van der Waals surface area contributed by atoms with Crippen LogP contribution in [0.15, 0.2) is 24.3 Å². The molecular formula is C18H32N2O. The van der Waals surface area contributed by atoms with Crippen LogP contribution in [0.4, 0.5) is 5.69 Å². The number of benzene rings is 1. The van der Waals surface area contributed by atoms with Gasteiger partial charge < -0.3 is 15.0 Å². The van der Waals surface area contributed by atoms with E-state index in [1.54, 1.807) is 0 Å². The Morgan fingerprint density at radius 1 is 1.10 bits per heavy atom. The molecule has 0 aliphatic heterocycles. The van der Waals surface area contributed by atoms with Crippen molar-refractivity contribution in [3.05, 3.63) is 29.8 Å². The molecule has 0 bridgehead atoms. The van der Waals surface area contributed by atoms with E-state index >= 15 is 0 Å². The standard InChI is InChI=1S/C18H32N2O/c1-5-20(6-2)18-10-8-17(9-11-18)14-19-12-7-13-21-15-16(3)4/h8-11,16,19H,5-7,12-15H2,1-4H3. The van der Waals surface area contributed by atoms with Crippen molar-refractivity contribution in [2.45, 2.75) is 40.7 Å². The molecule has 1 aromatic carbocycles. The molecule has 3 heteroatoms. The summed E-state index contributed by atoms with van der Waals surface area (Å²) in [6.45, 7) is 14.5. The van der Waals surface area contributed by atoms with Gasteiger partial charge in [-0.25, -0.2) is 0 Å². The summed E-state index contributed by atoms with van der Waals surface area (Å²) in [4.78, 5) is 2.36. The zero-order valence-corrected chi connectivity index (χ0v) is 14.2. The highest BCUT2D eigenvalue weighted by Gasteiger charge is 2.01. The van der Waals surface area contributed by atoms with Gasteiger partial charge in [0, 0.05) is 38.5 Å². The van der Waals surface area contributed by atoms with Gasteiger partial charge >= 0.3 is 0 Å². The summed E-state index contributed by atoms with van der Waals surface area (Å²) in [6, 6.07) is 8.87. The molecule has 0 saturated carbocycles. The van der Waals surface area contributed by atoms with Gasteiger partial charge in [0.05, 0.1) is 0 Å². The Morgan fingerprint density at radius 2 is 1.76 bits per heavy atom. The van der Waals surface area contributed by atoms with Gasteiger partial charge in [-0.2, -0.15) is 0 Å². The number of anilines is 1. The van der Waals surface area contributed by atoms with E-state index in [4.69, 9.17) is 4.74 Å². The molecule has 0 unspecified atom stereocenters. The molecule has 1 aromatic rings. The number of ether oxygens (including phenoxy) is 1. The van der Waals surface area contributed by atoms with Gasteiger partial charge in [0.1, 0.15) is 0 Å². The van der Waals surface area contributed by atoms with E-state index in [9.17, 15) is 0 Å². The topological polar surface area (TPSA) is 24.5 Å². The first-order valence-electron chi connectivity index (χ1n) is 8.29. The third kappa shape index (κ3) is 7.49. The van der Waals surface area contributed by atoms with Gasteiger partial charge in [0.25, 0.3) is 0 Å². The van der Waals surface area contributed by atoms with Crippen LogP contribution in [-0.2, 0) is 11.3 Å². The first-order chi connectivity index (χ1) is 10.2. The molecule has 0 atom stereocenters. The summed E-state index contributed by atoms with van der Waals surface area (Å²) in [6.07, 6.45) is 1.07. The van der Waals surface area contributed by atoms with Crippen molar-refractivity contribution in [1.82, 2.24) is 5.32 Å². The lowest BCUT2D eigenvalue weighted by Gasteiger charge is -2.21. The second-order valence-corrected chi connectivity index (χ2v) is 5.84. The number of nitrogens with one attached hydrogen (secondary N) is 1. The molecule has 0 aromatic heterocycles.